The molecule has 2 N–H and O–H groups in total. The van der Waals surface area contributed by atoms with Gasteiger partial charge in [-0.05, 0) is 24.6 Å². The van der Waals surface area contributed by atoms with Crippen LogP contribution >= 0.6 is 0 Å². The lowest BCUT2D eigenvalue weighted by atomic mass is 9.86. The van der Waals surface area contributed by atoms with E-state index in [0.717, 1.165) is 11.3 Å². The highest BCUT2D eigenvalue weighted by Crippen LogP contribution is 2.29. The van der Waals surface area contributed by atoms with E-state index in [9.17, 15) is 4.79 Å². The maximum absolute atomic E-state index is 12.1. The van der Waals surface area contributed by atoms with Crippen LogP contribution in [0.15, 0.2) is 24.3 Å². The fraction of sp³-hybridized carbons (Fsp3) is 0.500. The van der Waals surface area contributed by atoms with E-state index in [-0.39, 0.29) is 18.6 Å². The first-order valence-electron chi connectivity index (χ1n) is 6.20. The number of ether oxygens (including phenoxy) is 3. The number of carbonyl (C=O) groups is 1. The molecule has 1 saturated heterocycles. The minimum absolute atomic E-state index is 0.227. The molecule has 19 heavy (non-hydrogen) atoms. The van der Waals surface area contributed by atoms with Gasteiger partial charge in [-0.1, -0.05) is 12.1 Å². The van der Waals surface area contributed by atoms with Crippen molar-refractivity contribution in [1.82, 2.24) is 0 Å². The summed E-state index contributed by atoms with van der Waals surface area (Å²) in [5.74, 6) is 0.460. The van der Waals surface area contributed by atoms with Gasteiger partial charge in [0.1, 0.15) is 17.8 Å². The van der Waals surface area contributed by atoms with E-state index in [1.807, 2.05) is 24.3 Å². The van der Waals surface area contributed by atoms with Crippen LogP contribution in [0.25, 0.3) is 0 Å². The van der Waals surface area contributed by atoms with Gasteiger partial charge >= 0.3 is 5.97 Å². The summed E-state index contributed by atoms with van der Waals surface area (Å²) in [6.07, 6.45) is 0. The summed E-state index contributed by atoms with van der Waals surface area (Å²) in [5.41, 5.74) is 6.04. The third kappa shape index (κ3) is 2.88. The summed E-state index contributed by atoms with van der Waals surface area (Å²) in [6, 6.07) is 7.07. The Bertz CT molecular complexity index is 445. The number of hydrogen-bond donors (Lipinski definition) is 1. The Balaban J connectivity index is 1.92. The minimum Gasteiger partial charge on any atom is -0.497 e. The van der Waals surface area contributed by atoms with Crippen molar-refractivity contribution >= 4 is 5.97 Å². The highest BCUT2D eigenvalue weighted by Gasteiger charge is 2.45. The van der Waals surface area contributed by atoms with Gasteiger partial charge in [-0.2, -0.15) is 0 Å². The van der Waals surface area contributed by atoms with E-state index in [1.165, 1.54) is 0 Å². The van der Waals surface area contributed by atoms with Crippen LogP contribution in [0.1, 0.15) is 12.5 Å². The molecule has 0 aliphatic carbocycles. The van der Waals surface area contributed by atoms with Gasteiger partial charge in [0.05, 0.1) is 20.3 Å². The Morgan fingerprint density at radius 3 is 2.68 bits per heavy atom. The van der Waals surface area contributed by atoms with Gasteiger partial charge in [-0.15, -0.1) is 0 Å². The average molecular weight is 265 g/mol. The maximum atomic E-state index is 12.1. The largest absolute Gasteiger partial charge is 0.497 e. The van der Waals surface area contributed by atoms with Crippen LogP contribution in [0.2, 0.25) is 0 Å². The fourth-order valence-corrected chi connectivity index (χ4v) is 1.93. The van der Waals surface area contributed by atoms with Gasteiger partial charge in [0.2, 0.25) is 0 Å². The Morgan fingerprint density at radius 2 is 2.16 bits per heavy atom. The maximum Gasteiger partial charge on any atom is 0.316 e. The molecule has 1 aromatic carbocycles. The number of esters is 1. The van der Waals surface area contributed by atoms with Crippen molar-refractivity contribution in [2.45, 2.75) is 19.6 Å². The summed E-state index contributed by atoms with van der Waals surface area (Å²) in [6.45, 7) is 2.72. The predicted octanol–water partition coefficient (Wildman–Crippen LogP) is 1.10. The fourth-order valence-electron chi connectivity index (χ4n) is 1.93. The Labute approximate surface area is 112 Å². The molecule has 0 aromatic heterocycles. The molecule has 2 unspecified atom stereocenters. The van der Waals surface area contributed by atoms with Crippen molar-refractivity contribution in [3.63, 3.8) is 0 Å². The molecule has 1 aliphatic heterocycles. The molecule has 0 saturated carbocycles. The lowest BCUT2D eigenvalue weighted by molar-refractivity contribution is -0.156. The Kier molecular flexibility index (Phi) is 4.07. The first-order chi connectivity index (χ1) is 9.06. The number of hydrogen-bond acceptors (Lipinski definition) is 5. The van der Waals surface area contributed by atoms with Crippen LogP contribution in [0, 0.1) is 5.41 Å². The number of methoxy groups -OCH3 is 1. The smallest absolute Gasteiger partial charge is 0.316 e. The van der Waals surface area contributed by atoms with Gasteiger partial charge in [-0.25, -0.2) is 0 Å². The highest BCUT2D eigenvalue weighted by atomic mass is 16.5. The van der Waals surface area contributed by atoms with E-state index in [2.05, 4.69) is 0 Å². The van der Waals surface area contributed by atoms with Crippen molar-refractivity contribution in [3.8, 4) is 5.75 Å². The van der Waals surface area contributed by atoms with E-state index in [1.54, 1.807) is 14.0 Å². The molecule has 5 nitrogen and oxygen atoms in total. The Morgan fingerprint density at radius 1 is 1.47 bits per heavy atom. The van der Waals surface area contributed by atoms with Crippen LogP contribution in [0.5, 0.6) is 5.75 Å². The lowest BCUT2D eigenvalue weighted by Crippen LogP contribution is -2.45. The standard InChI is InChI=1S/C14H19NO4/c1-14(9-18-8-12(14)15)13(16)19-7-10-3-5-11(17-2)6-4-10/h3-6,12H,7-9,15H2,1-2H3. The average Bonchev–Trinajstić information content (AvgIpc) is 2.78. The molecule has 1 aliphatic rings. The zero-order valence-electron chi connectivity index (χ0n) is 11.2. The summed E-state index contributed by atoms with van der Waals surface area (Å²) < 4.78 is 15.6. The molecule has 1 fully saturated rings. The molecule has 2 rings (SSSR count). The molecular weight excluding hydrogens is 246 g/mol. The number of benzene rings is 1. The van der Waals surface area contributed by atoms with Crippen LogP contribution in [0.3, 0.4) is 0 Å². The molecule has 1 heterocycles. The van der Waals surface area contributed by atoms with E-state index in [0.29, 0.717) is 13.2 Å². The van der Waals surface area contributed by atoms with Gasteiger partial charge in [0.25, 0.3) is 0 Å². The second-order valence-corrected chi connectivity index (χ2v) is 4.96. The summed E-state index contributed by atoms with van der Waals surface area (Å²) in [5, 5.41) is 0. The lowest BCUT2D eigenvalue weighted by Gasteiger charge is -2.24. The number of nitrogens with two attached hydrogens (primary N) is 1. The van der Waals surface area contributed by atoms with E-state index >= 15 is 0 Å². The monoisotopic (exact) mass is 265 g/mol. The third-order valence-electron chi connectivity index (χ3n) is 3.51. The van der Waals surface area contributed by atoms with Crippen LogP contribution in [-0.4, -0.2) is 32.3 Å². The first-order valence-corrected chi connectivity index (χ1v) is 6.20. The van der Waals surface area contributed by atoms with E-state index in [4.69, 9.17) is 19.9 Å². The first kappa shape index (κ1) is 13.8. The van der Waals surface area contributed by atoms with Gasteiger partial charge in [0, 0.05) is 6.04 Å². The molecular formula is C14H19NO4. The summed E-state index contributed by atoms with van der Waals surface area (Å²) >= 11 is 0. The van der Waals surface area contributed by atoms with Crippen molar-refractivity contribution in [3.05, 3.63) is 29.8 Å². The SMILES string of the molecule is COc1ccc(COC(=O)C2(C)COCC2N)cc1. The van der Waals surface area contributed by atoms with Gasteiger partial charge in [-0.3, -0.25) is 4.79 Å². The van der Waals surface area contributed by atoms with Gasteiger partial charge < -0.3 is 19.9 Å². The van der Waals surface area contributed by atoms with E-state index < -0.39 is 5.41 Å². The molecule has 2 atom stereocenters. The zero-order valence-corrected chi connectivity index (χ0v) is 11.2. The minimum atomic E-state index is -0.744. The van der Waals surface area contributed by atoms with Crippen molar-refractivity contribution in [2.75, 3.05) is 20.3 Å². The van der Waals surface area contributed by atoms with Crippen molar-refractivity contribution in [2.24, 2.45) is 11.1 Å². The van der Waals surface area contributed by atoms with Crippen LogP contribution < -0.4 is 10.5 Å². The Hall–Kier alpha value is -1.59. The molecule has 5 heteroatoms. The van der Waals surface area contributed by atoms with Crippen LogP contribution in [-0.2, 0) is 20.9 Å². The zero-order chi connectivity index (χ0) is 13.9. The summed E-state index contributed by atoms with van der Waals surface area (Å²) in [4.78, 5) is 12.1. The van der Waals surface area contributed by atoms with Crippen molar-refractivity contribution < 1.29 is 19.0 Å². The molecule has 0 bridgehead atoms. The number of carbonyl (C=O) groups excluding carboxylic acids is 1. The third-order valence-corrected chi connectivity index (χ3v) is 3.51. The van der Waals surface area contributed by atoms with Gasteiger partial charge in [0.15, 0.2) is 0 Å². The molecule has 104 valence electrons. The highest BCUT2D eigenvalue weighted by molar-refractivity contribution is 5.78. The molecule has 1 aromatic rings. The summed E-state index contributed by atoms with van der Waals surface area (Å²) in [7, 11) is 1.61. The quantitative estimate of drug-likeness (QED) is 0.825. The normalized spacial score (nSPS) is 26.2. The molecule has 0 spiro atoms. The number of rotatable bonds is 4. The van der Waals surface area contributed by atoms with Crippen LogP contribution in [0.4, 0.5) is 0 Å². The van der Waals surface area contributed by atoms with Crippen molar-refractivity contribution in [1.29, 1.82) is 0 Å². The topological polar surface area (TPSA) is 70.8 Å². The second kappa shape index (κ2) is 5.59. The second-order valence-electron chi connectivity index (χ2n) is 4.96. The molecule has 0 amide bonds. The molecule has 0 radical (unpaired) electrons. The predicted molar refractivity (Wildman–Crippen MR) is 69.7 cm³/mol.